The number of aryl methyl sites for hydroxylation is 1. The van der Waals surface area contributed by atoms with Crippen molar-refractivity contribution in [3.05, 3.63) is 11.3 Å². The number of amides is 2. The maximum atomic E-state index is 12.3. The van der Waals surface area contributed by atoms with Crippen molar-refractivity contribution in [2.24, 2.45) is 11.7 Å². The Hall–Kier alpha value is -2.05. The van der Waals surface area contributed by atoms with E-state index in [1.54, 1.807) is 11.8 Å². The standard InChI is InChI=1S/C12H19N5O2/c1-7-10(11(14)16-15-7)12(19)17-4-2-8(3-5-17)6-9(13)18/h8H,2-6H2,1H3,(H2,13,18)(H3,14,15,16). The quantitative estimate of drug-likeness (QED) is 0.714. The summed E-state index contributed by atoms with van der Waals surface area (Å²) in [6, 6.07) is 0. The predicted octanol–water partition coefficient (Wildman–Crippen LogP) is 0.0279. The average molecular weight is 265 g/mol. The van der Waals surface area contributed by atoms with Gasteiger partial charge in [0.1, 0.15) is 5.56 Å². The summed E-state index contributed by atoms with van der Waals surface area (Å²) in [5, 5.41) is 6.54. The van der Waals surface area contributed by atoms with Crippen LogP contribution >= 0.6 is 0 Å². The van der Waals surface area contributed by atoms with Gasteiger partial charge in [-0.2, -0.15) is 5.10 Å². The van der Waals surface area contributed by atoms with Crippen molar-refractivity contribution in [1.29, 1.82) is 0 Å². The molecule has 0 bridgehead atoms. The monoisotopic (exact) mass is 265 g/mol. The van der Waals surface area contributed by atoms with Crippen LogP contribution in [0, 0.1) is 12.8 Å². The number of H-pyrrole nitrogens is 1. The van der Waals surface area contributed by atoms with E-state index < -0.39 is 0 Å². The van der Waals surface area contributed by atoms with Crippen molar-refractivity contribution in [2.45, 2.75) is 26.2 Å². The molecule has 0 unspecified atom stereocenters. The van der Waals surface area contributed by atoms with Crippen LogP contribution in [0.4, 0.5) is 5.82 Å². The Kier molecular flexibility index (Phi) is 3.73. The largest absolute Gasteiger partial charge is 0.382 e. The molecule has 0 atom stereocenters. The molecule has 1 aromatic heterocycles. The van der Waals surface area contributed by atoms with Gasteiger partial charge in [0.05, 0.1) is 0 Å². The van der Waals surface area contributed by atoms with Crippen LogP contribution in [0.3, 0.4) is 0 Å². The van der Waals surface area contributed by atoms with Gasteiger partial charge in [0.25, 0.3) is 5.91 Å². The van der Waals surface area contributed by atoms with Crippen LogP contribution in [-0.4, -0.2) is 40.0 Å². The van der Waals surface area contributed by atoms with Crippen LogP contribution < -0.4 is 11.5 Å². The summed E-state index contributed by atoms with van der Waals surface area (Å²) in [6.45, 7) is 3.03. The molecule has 0 aliphatic carbocycles. The fourth-order valence-corrected chi connectivity index (χ4v) is 2.50. The average Bonchev–Trinajstić information content (AvgIpc) is 2.68. The van der Waals surface area contributed by atoms with Crippen LogP contribution in [-0.2, 0) is 4.79 Å². The fourth-order valence-electron chi connectivity index (χ4n) is 2.50. The zero-order valence-corrected chi connectivity index (χ0v) is 11.0. The van der Waals surface area contributed by atoms with Gasteiger partial charge in [-0.25, -0.2) is 0 Å². The number of aromatic nitrogens is 2. The minimum atomic E-state index is -0.278. The van der Waals surface area contributed by atoms with E-state index in [9.17, 15) is 9.59 Å². The van der Waals surface area contributed by atoms with Crippen LogP contribution in [0.5, 0.6) is 0 Å². The molecule has 5 N–H and O–H groups in total. The zero-order chi connectivity index (χ0) is 14.0. The van der Waals surface area contributed by atoms with E-state index in [0.29, 0.717) is 30.8 Å². The summed E-state index contributed by atoms with van der Waals surface area (Å²) in [5.41, 5.74) is 12.0. The number of carbonyl (C=O) groups is 2. The van der Waals surface area contributed by atoms with E-state index in [1.807, 2.05) is 0 Å². The lowest BCUT2D eigenvalue weighted by atomic mass is 9.93. The van der Waals surface area contributed by atoms with Crippen molar-refractivity contribution in [3.63, 3.8) is 0 Å². The molecular formula is C12H19N5O2. The van der Waals surface area contributed by atoms with Crippen molar-refractivity contribution in [2.75, 3.05) is 18.8 Å². The van der Waals surface area contributed by atoms with E-state index in [4.69, 9.17) is 11.5 Å². The SMILES string of the molecule is Cc1[nH]nc(N)c1C(=O)N1CCC(CC(N)=O)CC1. The molecule has 0 radical (unpaired) electrons. The van der Waals surface area contributed by atoms with Crippen molar-refractivity contribution >= 4 is 17.6 Å². The zero-order valence-electron chi connectivity index (χ0n) is 11.0. The molecule has 7 nitrogen and oxygen atoms in total. The van der Waals surface area contributed by atoms with Gasteiger partial charge in [-0.05, 0) is 25.7 Å². The number of nitrogen functional groups attached to an aromatic ring is 1. The minimum Gasteiger partial charge on any atom is -0.382 e. The first-order chi connectivity index (χ1) is 8.99. The van der Waals surface area contributed by atoms with Gasteiger partial charge < -0.3 is 16.4 Å². The van der Waals surface area contributed by atoms with Gasteiger partial charge in [-0.3, -0.25) is 14.7 Å². The smallest absolute Gasteiger partial charge is 0.259 e. The highest BCUT2D eigenvalue weighted by molar-refractivity contribution is 5.99. The number of primary amides is 1. The van der Waals surface area contributed by atoms with E-state index in [2.05, 4.69) is 10.2 Å². The van der Waals surface area contributed by atoms with Gasteiger partial charge >= 0.3 is 0 Å². The third kappa shape index (κ3) is 2.86. The van der Waals surface area contributed by atoms with E-state index in [1.165, 1.54) is 0 Å². The lowest BCUT2D eigenvalue weighted by Gasteiger charge is -2.31. The number of rotatable bonds is 3. The lowest BCUT2D eigenvalue weighted by molar-refractivity contribution is -0.119. The second kappa shape index (κ2) is 5.29. The maximum absolute atomic E-state index is 12.3. The molecule has 2 heterocycles. The van der Waals surface area contributed by atoms with Crippen molar-refractivity contribution in [3.8, 4) is 0 Å². The first-order valence-corrected chi connectivity index (χ1v) is 6.37. The predicted molar refractivity (Wildman–Crippen MR) is 70.2 cm³/mol. The number of anilines is 1. The first kappa shape index (κ1) is 13.4. The maximum Gasteiger partial charge on any atom is 0.259 e. The summed E-state index contributed by atoms with van der Waals surface area (Å²) in [6.07, 6.45) is 1.99. The van der Waals surface area contributed by atoms with E-state index >= 15 is 0 Å². The Balaban J connectivity index is 1.98. The molecule has 1 aromatic rings. The molecule has 2 amide bonds. The highest BCUT2D eigenvalue weighted by atomic mass is 16.2. The van der Waals surface area contributed by atoms with E-state index in [0.717, 1.165) is 12.8 Å². The van der Waals surface area contributed by atoms with Gasteiger partial charge in [0.2, 0.25) is 5.91 Å². The number of hydrogen-bond acceptors (Lipinski definition) is 4. The number of hydrogen-bond donors (Lipinski definition) is 3. The molecule has 7 heteroatoms. The van der Waals surface area contributed by atoms with Crippen LogP contribution in [0.25, 0.3) is 0 Å². The third-order valence-corrected chi connectivity index (χ3v) is 3.58. The van der Waals surface area contributed by atoms with Crippen LogP contribution in [0.15, 0.2) is 0 Å². The summed E-state index contributed by atoms with van der Waals surface area (Å²) in [7, 11) is 0. The molecule has 0 aromatic carbocycles. The molecule has 1 aliphatic rings. The van der Waals surface area contributed by atoms with Gasteiger partial charge in [0.15, 0.2) is 5.82 Å². The Morgan fingerprint density at radius 3 is 2.53 bits per heavy atom. The molecular weight excluding hydrogens is 246 g/mol. The lowest BCUT2D eigenvalue weighted by Crippen LogP contribution is -2.39. The highest BCUT2D eigenvalue weighted by Crippen LogP contribution is 2.23. The van der Waals surface area contributed by atoms with Gasteiger partial charge in [-0.1, -0.05) is 0 Å². The summed E-state index contributed by atoms with van der Waals surface area (Å²) in [4.78, 5) is 25.0. The van der Waals surface area contributed by atoms with Crippen molar-refractivity contribution in [1.82, 2.24) is 15.1 Å². The van der Waals surface area contributed by atoms with Gasteiger partial charge in [0, 0.05) is 25.2 Å². The van der Waals surface area contributed by atoms with Gasteiger partial charge in [-0.15, -0.1) is 0 Å². The molecule has 2 rings (SSSR count). The second-order valence-electron chi connectivity index (χ2n) is 5.01. The number of carbonyl (C=O) groups excluding carboxylic acids is 2. The topological polar surface area (TPSA) is 118 Å². The number of nitrogens with one attached hydrogen (secondary N) is 1. The number of piperidine rings is 1. The number of aromatic amines is 1. The molecule has 19 heavy (non-hydrogen) atoms. The van der Waals surface area contributed by atoms with Crippen molar-refractivity contribution < 1.29 is 9.59 Å². The number of nitrogens with zero attached hydrogens (tertiary/aromatic N) is 2. The summed E-state index contributed by atoms with van der Waals surface area (Å²) >= 11 is 0. The first-order valence-electron chi connectivity index (χ1n) is 6.37. The fraction of sp³-hybridized carbons (Fsp3) is 0.583. The Bertz CT molecular complexity index is 469. The summed E-state index contributed by atoms with van der Waals surface area (Å²) < 4.78 is 0. The molecule has 104 valence electrons. The van der Waals surface area contributed by atoms with E-state index in [-0.39, 0.29) is 23.6 Å². The minimum absolute atomic E-state index is 0.0960. The Morgan fingerprint density at radius 1 is 1.42 bits per heavy atom. The highest BCUT2D eigenvalue weighted by Gasteiger charge is 2.27. The summed E-state index contributed by atoms with van der Waals surface area (Å²) in [5.74, 6) is 0.145. The second-order valence-corrected chi connectivity index (χ2v) is 5.01. The Morgan fingerprint density at radius 2 is 2.05 bits per heavy atom. The molecule has 1 aliphatic heterocycles. The molecule has 1 saturated heterocycles. The van der Waals surface area contributed by atoms with Crippen LogP contribution in [0.2, 0.25) is 0 Å². The van der Waals surface area contributed by atoms with Crippen LogP contribution in [0.1, 0.15) is 35.3 Å². The normalized spacial score (nSPS) is 16.6. The number of nitrogens with two attached hydrogens (primary N) is 2. The third-order valence-electron chi connectivity index (χ3n) is 3.58. The number of likely N-dealkylation sites (tertiary alicyclic amines) is 1. The molecule has 0 spiro atoms. The molecule has 1 fully saturated rings. The molecule has 0 saturated carbocycles. The Labute approximate surface area is 111 Å².